The van der Waals surface area contributed by atoms with E-state index in [0.717, 1.165) is 47.9 Å². The molecule has 1 aliphatic rings. The number of anilines is 2. The van der Waals surface area contributed by atoms with Crippen molar-refractivity contribution < 1.29 is 37.0 Å². The number of amides is 3. The van der Waals surface area contributed by atoms with E-state index in [-0.39, 0.29) is 59.6 Å². The van der Waals surface area contributed by atoms with Crippen molar-refractivity contribution in [2.75, 3.05) is 43.4 Å². The molecule has 13 heteroatoms. The summed E-state index contributed by atoms with van der Waals surface area (Å²) in [6, 6.07) is 21.5. The number of nitrogens with one attached hydrogen (secondary N) is 2. The number of urea groups is 1. The van der Waals surface area contributed by atoms with E-state index in [1.165, 1.54) is 17.0 Å². The Morgan fingerprint density at radius 2 is 1.77 bits per heavy atom. The van der Waals surface area contributed by atoms with Gasteiger partial charge in [-0.1, -0.05) is 43.3 Å². The first-order valence-corrected chi connectivity index (χ1v) is 19.0. The Balaban J connectivity index is 1.40. The van der Waals surface area contributed by atoms with E-state index >= 15 is 0 Å². The number of carbonyl (C=O) groups excluding carboxylic acids is 2. The molecule has 5 rings (SSSR count). The number of hydrogen-bond donors (Lipinski definition) is 3. The standard InChI is InChI=1S/C39H47FN4O7S/c1-26-23-44(27(2)25-45)38(46)34-22-31(42-52(48,49)32-18-15-30(40)16-19-32)17-20-36(34)51-28(3)10-7-8-21-50-37(26)24-43(4)39(47)41-35-14-9-12-29-11-5-6-13-33(29)35/h5-6,9,11-20,22,26-28,37,42,45H,7-8,10,21,23-25H2,1-4H3,(H,41,47)/t26-,27-,28-,37-/m0/s1. The lowest BCUT2D eigenvalue weighted by Crippen LogP contribution is -2.48. The molecule has 4 atom stereocenters. The number of nitrogens with zero attached hydrogens (tertiary/aromatic N) is 2. The van der Waals surface area contributed by atoms with Crippen molar-refractivity contribution >= 4 is 44.1 Å². The first-order valence-electron chi connectivity index (χ1n) is 17.5. The summed E-state index contributed by atoms with van der Waals surface area (Å²) in [6.45, 7) is 6.05. The number of rotatable bonds is 8. The van der Waals surface area contributed by atoms with Gasteiger partial charge in [0, 0.05) is 43.7 Å². The third-order valence-electron chi connectivity index (χ3n) is 9.26. The molecule has 0 unspecified atom stereocenters. The Bertz CT molecular complexity index is 1950. The van der Waals surface area contributed by atoms with Gasteiger partial charge in [-0.3, -0.25) is 9.52 Å². The fourth-order valence-electron chi connectivity index (χ4n) is 6.17. The fraction of sp³-hybridized carbons (Fsp3) is 0.385. The molecule has 0 fully saturated rings. The molecule has 1 aliphatic heterocycles. The summed E-state index contributed by atoms with van der Waals surface area (Å²) in [4.78, 5) is 30.8. The molecule has 4 aromatic rings. The topological polar surface area (TPSA) is 138 Å². The zero-order chi connectivity index (χ0) is 37.4. The maximum atomic E-state index is 14.4. The number of halogens is 1. The summed E-state index contributed by atoms with van der Waals surface area (Å²) < 4.78 is 54.9. The van der Waals surface area contributed by atoms with Crippen LogP contribution in [0.2, 0.25) is 0 Å². The van der Waals surface area contributed by atoms with Gasteiger partial charge in [-0.05, 0) is 87.0 Å². The quantitative estimate of drug-likeness (QED) is 0.182. The molecule has 0 radical (unpaired) electrons. The molecule has 0 saturated carbocycles. The third kappa shape index (κ3) is 9.58. The Kier molecular flexibility index (Phi) is 12.7. The van der Waals surface area contributed by atoms with Gasteiger partial charge < -0.3 is 29.7 Å². The highest BCUT2D eigenvalue weighted by Crippen LogP contribution is 2.30. The first-order chi connectivity index (χ1) is 24.9. The molecule has 0 spiro atoms. The van der Waals surface area contributed by atoms with E-state index in [1.807, 2.05) is 56.3 Å². The number of aliphatic hydroxyl groups is 1. The maximum absolute atomic E-state index is 14.4. The average Bonchev–Trinajstić information content (AvgIpc) is 3.12. The highest BCUT2D eigenvalue weighted by Gasteiger charge is 2.31. The smallest absolute Gasteiger partial charge is 0.321 e. The van der Waals surface area contributed by atoms with Crippen LogP contribution < -0.4 is 14.8 Å². The van der Waals surface area contributed by atoms with Crippen molar-refractivity contribution in [1.82, 2.24) is 9.80 Å². The van der Waals surface area contributed by atoms with Crippen molar-refractivity contribution in [3.05, 3.63) is 96.3 Å². The van der Waals surface area contributed by atoms with E-state index in [2.05, 4.69) is 10.0 Å². The molecular weight excluding hydrogens is 688 g/mol. The van der Waals surface area contributed by atoms with E-state index in [0.29, 0.717) is 18.7 Å². The predicted octanol–water partition coefficient (Wildman–Crippen LogP) is 6.74. The molecule has 278 valence electrons. The van der Waals surface area contributed by atoms with Crippen LogP contribution in [0.4, 0.5) is 20.6 Å². The third-order valence-corrected chi connectivity index (χ3v) is 10.7. The van der Waals surface area contributed by atoms with E-state index in [4.69, 9.17) is 9.47 Å². The predicted molar refractivity (Wildman–Crippen MR) is 200 cm³/mol. The van der Waals surface area contributed by atoms with Gasteiger partial charge in [-0.25, -0.2) is 17.6 Å². The Labute approximate surface area is 304 Å². The lowest BCUT2D eigenvalue weighted by Gasteiger charge is -2.35. The van der Waals surface area contributed by atoms with Crippen LogP contribution in [0.25, 0.3) is 10.8 Å². The van der Waals surface area contributed by atoms with Crippen LogP contribution in [0.3, 0.4) is 0 Å². The van der Waals surface area contributed by atoms with Gasteiger partial charge in [0.15, 0.2) is 0 Å². The molecule has 3 N–H and O–H groups in total. The van der Waals surface area contributed by atoms with Crippen LogP contribution in [-0.2, 0) is 14.8 Å². The van der Waals surface area contributed by atoms with Gasteiger partial charge in [0.05, 0.1) is 41.0 Å². The summed E-state index contributed by atoms with van der Waals surface area (Å²) in [6.07, 6.45) is 1.45. The van der Waals surface area contributed by atoms with E-state index in [1.54, 1.807) is 24.9 Å². The molecule has 52 heavy (non-hydrogen) atoms. The minimum absolute atomic E-state index is 0.110. The fourth-order valence-corrected chi connectivity index (χ4v) is 7.22. The van der Waals surface area contributed by atoms with Gasteiger partial charge >= 0.3 is 6.03 Å². The van der Waals surface area contributed by atoms with Crippen LogP contribution in [0.1, 0.15) is 50.4 Å². The molecule has 3 amide bonds. The normalized spacial score (nSPS) is 19.5. The molecule has 4 aromatic carbocycles. The number of hydrogen-bond acceptors (Lipinski definition) is 7. The number of aliphatic hydroxyl groups excluding tert-OH is 1. The summed E-state index contributed by atoms with van der Waals surface area (Å²) in [7, 11) is -2.41. The van der Waals surface area contributed by atoms with Crippen molar-refractivity contribution in [2.45, 2.75) is 63.2 Å². The minimum Gasteiger partial charge on any atom is -0.490 e. The summed E-state index contributed by atoms with van der Waals surface area (Å²) in [5.41, 5.74) is 0.913. The molecule has 0 aromatic heterocycles. The van der Waals surface area contributed by atoms with Crippen molar-refractivity contribution in [3.63, 3.8) is 0 Å². The Hall–Kier alpha value is -4.72. The van der Waals surface area contributed by atoms with Crippen molar-refractivity contribution in [3.8, 4) is 5.75 Å². The zero-order valence-electron chi connectivity index (χ0n) is 29.9. The molecular formula is C39H47FN4O7S. The second kappa shape index (κ2) is 17.2. The van der Waals surface area contributed by atoms with Crippen LogP contribution in [0, 0.1) is 11.7 Å². The average molecular weight is 735 g/mol. The van der Waals surface area contributed by atoms with Crippen LogP contribution in [-0.4, -0.2) is 86.9 Å². The second-order valence-corrected chi connectivity index (χ2v) is 15.1. The van der Waals surface area contributed by atoms with Crippen LogP contribution in [0.5, 0.6) is 5.75 Å². The first kappa shape index (κ1) is 38.5. The van der Waals surface area contributed by atoms with E-state index in [9.17, 15) is 27.5 Å². The van der Waals surface area contributed by atoms with Gasteiger partial charge in [0.25, 0.3) is 15.9 Å². The summed E-state index contributed by atoms with van der Waals surface area (Å²) >= 11 is 0. The number of sulfonamides is 1. The van der Waals surface area contributed by atoms with Crippen LogP contribution in [0.15, 0.2) is 89.8 Å². The molecule has 1 heterocycles. The van der Waals surface area contributed by atoms with E-state index < -0.39 is 33.9 Å². The Morgan fingerprint density at radius 3 is 2.52 bits per heavy atom. The molecule has 0 bridgehead atoms. The SMILES string of the molecule is C[C@H]1CCCCO[C@@H](CN(C)C(=O)Nc2cccc3ccccc23)[C@@H](C)CN([C@@H](C)CO)C(=O)c2cc(NS(=O)(=O)c3ccc(F)cc3)ccc2O1. The number of likely N-dealkylation sites (N-methyl/N-ethyl adjacent to an activating group) is 1. The van der Waals surface area contributed by atoms with Crippen LogP contribution >= 0.6 is 0 Å². The number of benzene rings is 4. The van der Waals surface area contributed by atoms with Gasteiger partial charge in [-0.15, -0.1) is 0 Å². The Morgan fingerprint density at radius 1 is 1.04 bits per heavy atom. The summed E-state index contributed by atoms with van der Waals surface area (Å²) in [5.74, 6) is -1.06. The van der Waals surface area contributed by atoms with Gasteiger partial charge in [-0.2, -0.15) is 0 Å². The second-order valence-electron chi connectivity index (χ2n) is 13.4. The van der Waals surface area contributed by atoms with Gasteiger partial charge in [0.2, 0.25) is 0 Å². The number of carbonyl (C=O) groups is 2. The largest absolute Gasteiger partial charge is 0.490 e. The summed E-state index contributed by atoms with van der Waals surface area (Å²) in [5, 5.41) is 15.2. The lowest BCUT2D eigenvalue weighted by molar-refractivity contribution is -0.0115. The van der Waals surface area contributed by atoms with Crippen molar-refractivity contribution in [1.29, 1.82) is 0 Å². The highest BCUT2D eigenvalue weighted by molar-refractivity contribution is 7.92. The number of fused-ring (bicyclic) bond motifs is 2. The minimum atomic E-state index is -4.11. The lowest BCUT2D eigenvalue weighted by atomic mass is 10.0. The zero-order valence-corrected chi connectivity index (χ0v) is 30.7. The van der Waals surface area contributed by atoms with Gasteiger partial charge in [0.1, 0.15) is 11.6 Å². The van der Waals surface area contributed by atoms with Crippen molar-refractivity contribution in [2.24, 2.45) is 5.92 Å². The highest BCUT2D eigenvalue weighted by atomic mass is 32.2. The maximum Gasteiger partial charge on any atom is 0.321 e. The molecule has 11 nitrogen and oxygen atoms in total. The number of ether oxygens (including phenoxy) is 2. The molecule has 0 aliphatic carbocycles. The monoisotopic (exact) mass is 734 g/mol. The molecule has 0 saturated heterocycles.